The standard InChI is InChI=1S/C20H31FN2O/c1-19(2,3)14-20(4,5)22-18(24)15-10-12-23(13-11-15)17-9-7-6-8-16(17)21/h6-9,15H,10-14H2,1-5H3,(H,22,24). The molecule has 0 aliphatic carbocycles. The molecule has 1 aliphatic rings. The van der Waals surface area contributed by atoms with Gasteiger partial charge in [-0.1, -0.05) is 32.9 Å². The van der Waals surface area contributed by atoms with E-state index in [0.717, 1.165) is 32.4 Å². The van der Waals surface area contributed by atoms with Crippen LogP contribution in [0.4, 0.5) is 10.1 Å². The van der Waals surface area contributed by atoms with Crippen molar-refractivity contribution in [3.05, 3.63) is 30.1 Å². The third-order valence-corrected chi connectivity index (χ3v) is 4.49. The minimum atomic E-state index is -0.210. The number of amides is 1. The topological polar surface area (TPSA) is 32.3 Å². The van der Waals surface area contributed by atoms with Crippen molar-refractivity contribution in [3.63, 3.8) is 0 Å². The molecule has 1 N–H and O–H groups in total. The van der Waals surface area contributed by atoms with Crippen LogP contribution in [0.1, 0.15) is 53.9 Å². The second-order valence-corrected chi connectivity index (χ2v) is 8.82. The first-order valence-electron chi connectivity index (χ1n) is 8.89. The van der Waals surface area contributed by atoms with Gasteiger partial charge in [-0.3, -0.25) is 4.79 Å². The van der Waals surface area contributed by atoms with E-state index in [4.69, 9.17) is 0 Å². The van der Waals surface area contributed by atoms with Gasteiger partial charge in [0.2, 0.25) is 5.91 Å². The summed E-state index contributed by atoms with van der Waals surface area (Å²) < 4.78 is 13.9. The van der Waals surface area contributed by atoms with Gasteiger partial charge in [0.25, 0.3) is 0 Å². The molecule has 0 aromatic heterocycles. The molecule has 0 radical (unpaired) electrons. The second-order valence-electron chi connectivity index (χ2n) is 8.82. The Morgan fingerprint density at radius 1 is 1.17 bits per heavy atom. The number of carbonyl (C=O) groups is 1. The predicted molar refractivity (Wildman–Crippen MR) is 97.6 cm³/mol. The van der Waals surface area contributed by atoms with Crippen molar-refractivity contribution in [2.75, 3.05) is 18.0 Å². The Morgan fingerprint density at radius 2 is 1.75 bits per heavy atom. The molecular formula is C20H31FN2O. The van der Waals surface area contributed by atoms with Crippen LogP contribution in [0.15, 0.2) is 24.3 Å². The highest BCUT2D eigenvalue weighted by Gasteiger charge is 2.31. The number of benzene rings is 1. The van der Waals surface area contributed by atoms with E-state index >= 15 is 0 Å². The summed E-state index contributed by atoms with van der Waals surface area (Å²) in [6, 6.07) is 6.86. The lowest BCUT2D eigenvalue weighted by molar-refractivity contribution is -0.127. The third-order valence-electron chi connectivity index (χ3n) is 4.49. The minimum absolute atomic E-state index is 0.0206. The van der Waals surface area contributed by atoms with Crippen molar-refractivity contribution in [2.45, 2.75) is 59.4 Å². The highest BCUT2D eigenvalue weighted by Crippen LogP contribution is 2.29. The molecule has 1 aromatic carbocycles. The zero-order chi connectivity index (χ0) is 18.0. The number of nitrogens with zero attached hydrogens (tertiary/aromatic N) is 1. The Balaban J connectivity index is 1.90. The van der Waals surface area contributed by atoms with Crippen LogP contribution in [-0.4, -0.2) is 24.5 Å². The van der Waals surface area contributed by atoms with Gasteiger partial charge in [0, 0.05) is 24.5 Å². The molecule has 1 amide bonds. The molecule has 3 nitrogen and oxygen atoms in total. The summed E-state index contributed by atoms with van der Waals surface area (Å²) in [5.41, 5.74) is 0.604. The predicted octanol–water partition coefficient (Wildman–Crippen LogP) is 4.37. The first kappa shape index (κ1) is 18.8. The number of hydrogen-bond donors (Lipinski definition) is 1. The molecule has 2 rings (SSSR count). The van der Waals surface area contributed by atoms with Crippen molar-refractivity contribution in [1.82, 2.24) is 5.32 Å². The quantitative estimate of drug-likeness (QED) is 0.886. The van der Waals surface area contributed by atoms with E-state index in [-0.39, 0.29) is 28.6 Å². The van der Waals surface area contributed by atoms with E-state index in [1.165, 1.54) is 6.07 Å². The van der Waals surface area contributed by atoms with Gasteiger partial charge in [-0.05, 0) is 50.7 Å². The third kappa shape index (κ3) is 5.22. The number of anilines is 1. The zero-order valence-corrected chi connectivity index (χ0v) is 15.7. The van der Waals surface area contributed by atoms with E-state index in [9.17, 15) is 9.18 Å². The molecule has 0 spiro atoms. The Labute approximate surface area is 145 Å². The average Bonchev–Trinajstić information content (AvgIpc) is 2.45. The molecule has 4 heteroatoms. The highest BCUT2D eigenvalue weighted by molar-refractivity contribution is 5.79. The summed E-state index contributed by atoms with van der Waals surface area (Å²) >= 11 is 0. The Kier molecular flexibility index (Phi) is 5.56. The van der Waals surface area contributed by atoms with Gasteiger partial charge >= 0.3 is 0 Å². The van der Waals surface area contributed by atoms with Crippen LogP contribution < -0.4 is 10.2 Å². The molecule has 1 aromatic rings. The van der Waals surface area contributed by atoms with Crippen LogP contribution in [0.25, 0.3) is 0 Å². The van der Waals surface area contributed by atoms with Gasteiger partial charge in [-0.25, -0.2) is 4.39 Å². The number of hydrogen-bond acceptors (Lipinski definition) is 2. The zero-order valence-electron chi connectivity index (χ0n) is 15.7. The lowest BCUT2D eigenvalue weighted by Gasteiger charge is -2.37. The summed E-state index contributed by atoms with van der Waals surface area (Å²) in [6.45, 7) is 12.2. The van der Waals surface area contributed by atoms with Gasteiger partial charge in [-0.15, -0.1) is 0 Å². The summed E-state index contributed by atoms with van der Waals surface area (Å²) in [5, 5.41) is 3.22. The van der Waals surface area contributed by atoms with Crippen LogP contribution in [-0.2, 0) is 4.79 Å². The first-order valence-corrected chi connectivity index (χ1v) is 8.89. The summed E-state index contributed by atoms with van der Waals surface area (Å²) in [7, 11) is 0. The van der Waals surface area contributed by atoms with Gasteiger partial charge in [0.1, 0.15) is 5.82 Å². The fraction of sp³-hybridized carbons (Fsp3) is 0.650. The van der Waals surface area contributed by atoms with E-state index in [1.807, 2.05) is 17.0 Å². The molecule has 0 unspecified atom stereocenters. The van der Waals surface area contributed by atoms with Gasteiger partial charge in [-0.2, -0.15) is 0 Å². The lowest BCUT2D eigenvalue weighted by Crippen LogP contribution is -2.50. The van der Waals surface area contributed by atoms with Crippen LogP contribution in [0.3, 0.4) is 0 Å². The van der Waals surface area contributed by atoms with Crippen LogP contribution in [0.2, 0.25) is 0 Å². The molecule has 1 heterocycles. The monoisotopic (exact) mass is 334 g/mol. The van der Waals surface area contributed by atoms with E-state index in [2.05, 4.69) is 39.9 Å². The number of halogens is 1. The fourth-order valence-corrected chi connectivity index (χ4v) is 3.90. The summed E-state index contributed by atoms with van der Waals surface area (Å²) in [6.07, 6.45) is 2.47. The molecule has 1 saturated heterocycles. The Bertz CT molecular complexity index is 569. The second kappa shape index (κ2) is 7.12. The van der Waals surface area contributed by atoms with E-state index < -0.39 is 0 Å². The number of nitrogens with one attached hydrogen (secondary N) is 1. The molecule has 1 fully saturated rings. The van der Waals surface area contributed by atoms with Gasteiger partial charge < -0.3 is 10.2 Å². The lowest BCUT2D eigenvalue weighted by atomic mass is 9.81. The molecule has 0 saturated carbocycles. The SMILES string of the molecule is CC(C)(C)CC(C)(C)NC(=O)C1CCN(c2ccccc2F)CC1. The molecule has 1 aliphatic heterocycles. The maximum atomic E-state index is 13.9. The molecule has 24 heavy (non-hydrogen) atoms. The van der Waals surface area contributed by atoms with Gasteiger partial charge in [0.15, 0.2) is 0 Å². The number of rotatable bonds is 4. The molecule has 0 bridgehead atoms. The van der Waals surface area contributed by atoms with Crippen molar-refractivity contribution in [1.29, 1.82) is 0 Å². The maximum Gasteiger partial charge on any atom is 0.223 e. The highest BCUT2D eigenvalue weighted by atomic mass is 19.1. The smallest absolute Gasteiger partial charge is 0.223 e. The first-order chi connectivity index (χ1) is 11.1. The molecule has 134 valence electrons. The maximum absolute atomic E-state index is 13.9. The summed E-state index contributed by atoms with van der Waals surface area (Å²) in [5.74, 6) is -0.0311. The number of carbonyl (C=O) groups excluding carboxylic acids is 1. The summed E-state index contributed by atoms with van der Waals surface area (Å²) in [4.78, 5) is 14.6. The minimum Gasteiger partial charge on any atom is -0.369 e. The van der Waals surface area contributed by atoms with Crippen molar-refractivity contribution in [3.8, 4) is 0 Å². The van der Waals surface area contributed by atoms with Crippen LogP contribution >= 0.6 is 0 Å². The normalized spacial score (nSPS) is 17.0. The molecular weight excluding hydrogens is 303 g/mol. The van der Waals surface area contributed by atoms with Crippen molar-refractivity contribution in [2.24, 2.45) is 11.3 Å². The fourth-order valence-electron chi connectivity index (χ4n) is 3.90. The largest absolute Gasteiger partial charge is 0.369 e. The average molecular weight is 334 g/mol. The molecule has 0 atom stereocenters. The number of piperidine rings is 1. The van der Waals surface area contributed by atoms with Crippen LogP contribution in [0, 0.1) is 17.2 Å². The van der Waals surface area contributed by atoms with Crippen LogP contribution in [0.5, 0.6) is 0 Å². The number of para-hydroxylation sites is 1. The van der Waals surface area contributed by atoms with E-state index in [0.29, 0.717) is 5.69 Å². The van der Waals surface area contributed by atoms with E-state index in [1.54, 1.807) is 6.07 Å². The Morgan fingerprint density at radius 3 is 2.29 bits per heavy atom. The van der Waals surface area contributed by atoms with Gasteiger partial charge in [0.05, 0.1) is 5.69 Å². The Hall–Kier alpha value is -1.58. The van der Waals surface area contributed by atoms with Crippen molar-refractivity contribution < 1.29 is 9.18 Å². The van der Waals surface area contributed by atoms with Crippen molar-refractivity contribution >= 4 is 11.6 Å².